The van der Waals surface area contributed by atoms with E-state index in [0.717, 1.165) is 36.0 Å². The number of carbonyl (C=O) groups is 3. The molecule has 1 aliphatic rings. The van der Waals surface area contributed by atoms with Gasteiger partial charge in [0.15, 0.2) is 0 Å². The van der Waals surface area contributed by atoms with Crippen molar-refractivity contribution in [1.29, 1.82) is 0 Å². The van der Waals surface area contributed by atoms with Gasteiger partial charge < -0.3 is 25.4 Å². The number of benzene rings is 1. The summed E-state index contributed by atoms with van der Waals surface area (Å²) in [7, 11) is 0. The minimum Gasteiger partial charge on any atom is -0.444 e. The number of alkyl carbamates (subject to hydrolysis) is 1. The molecule has 1 fully saturated rings. The predicted molar refractivity (Wildman–Crippen MR) is 131 cm³/mol. The summed E-state index contributed by atoms with van der Waals surface area (Å²) in [4.78, 5) is 41.4. The van der Waals surface area contributed by atoms with E-state index in [2.05, 4.69) is 10.6 Å². The Bertz CT molecular complexity index is 897. The van der Waals surface area contributed by atoms with Crippen LogP contribution in [0.3, 0.4) is 0 Å². The van der Waals surface area contributed by atoms with Crippen molar-refractivity contribution in [2.75, 3.05) is 6.61 Å². The summed E-state index contributed by atoms with van der Waals surface area (Å²) >= 11 is 0. The first-order valence-electron chi connectivity index (χ1n) is 11.9. The summed E-state index contributed by atoms with van der Waals surface area (Å²) in [6, 6.07) is 3.53. The third kappa shape index (κ3) is 7.45. The summed E-state index contributed by atoms with van der Waals surface area (Å²) in [6.07, 6.45) is 1.65. The molecule has 3 amide bonds. The Morgan fingerprint density at radius 1 is 1.12 bits per heavy atom. The normalized spacial score (nSPS) is 16.1. The number of nitrogens with one attached hydrogen (secondary N) is 2. The molecule has 0 bridgehead atoms. The van der Waals surface area contributed by atoms with E-state index >= 15 is 0 Å². The Hall–Kier alpha value is -2.61. The number of hydrogen-bond donors (Lipinski definition) is 3. The molecule has 8 heteroatoms. The zero-order valence-electron chi connectivity index (χ0n) is 21.8. The van der Waals surface area contributed by atoms with Gasteiger partial charge >= 0.3 is 6.09 Å². The van der Waals surface area contributed by atoms with E-state index in [1.54, 1.807) is 25.7 Å². The number of amides is 3. The number of ether oxygens (including phenoxy) is 1. The molecule has 0 radical (unpaired) electrons. The van der Waals surface area contributed by atoms with Crippen molar-refractivity contribution in [2.24, 2.45) is 0 Å². The maximum absolute atomic E-state index is 13.8. The average Bonchev–Trinajstić information content (AvgIpc) is 2.63. The second-order valence-corrected chi connectivity index (χ2v) is 11.2. The largest absolute Gasteiger partial charge is 0.444 e. The molecule has 0 saturated heterocycles. The Morgan fingerprint density at radius 2 is 1.74 bits per heavy atom. The van der Waals surface area contributed by atoms with Crippen molar-refractivity contribution >= 4 is 17.9 Å². The Balaban J connectivity index is 2.50. The Kier molecular flexibility index (Phi) is 8.75. The predicted octanol–water partition coefficient (Wildman–Crippen LogP) is 3.53. The van der Waals surface area contributed by atoms with E-state index in [0.29, 0.717) is 0 Å². The van der Waals surface area contributed by atoms with Gasteiger partial charge in [-0.15, -0.1) is 0 Å². The van der Waals surface area contributed by atoms with Crippen molar-refractivity contribution in [3.63, 3.8) is 0 Å². The first-order chi connectivity index (χ1) is 15.6. The number of aliphatic hydroxyl groups is 1. The highest BCUT2D eigenvalue weighted by Gasteiger charge is 2.43. The van der Waals surface area contributed by atoms with Gasteiger partial charge in [-0.25, -0.2) is 4.79 Å². The third-order valence-electron chi connectivity index (χ3n) is 5.65. The number of nitrogens with zero attached hydrogens (tertiary/aromatic N) is 1. The van der Waals surface area contributed by atoms with Gasteiger partial charge in [0, 0.05) is 11.6 Å². The molecule has 1 aromatic rings. The van der Waals surface area contributed by atoms with E-state index in [4.69, 9.17) is 4.74 Å². The quantitative estimate of drug-likeness (QED) is 0.559. The van der Waals surface area contributed by atoms with Crippen molar-refractivity contribution < 1.29 is 24.2 Å². The van der Waals surface area contributed by atoms with E-state index in [-0.39, 0.29) is 11.9 Å². The van der Waals surface area contributed by atoms with Crippen LogP contribution in [0, 0.1) is 13.8 Å². The zero-order valence-corrected chi connectivity index (χ0v) is 21.8. The maximum Gasteiger partial charge on any atom is 0.408 e. The molecule has 1 aliphatic carbocycles. The van der Waals surface area contributed by atoms with Gasteiger partial charge in [-0.2, -0.15) is 0 Å². The van der Waals surface area contributed by atoms with Gasteiger partial charge in [0.2, 0.25) is 11.8 Å². The summed E-state index contributed by atoms with van der Waals surface area (Å²) < 4.78 is 5.28. The first kappa shape index (κ1) is 27.6. The van der Waals surface area contributed by atoms with Crippen LogP contribution in [0.25, 0.3) is 0 Å². The standard InChI is InChI=1S/C26H41N3O5/c1-16-12-13-17(2)19(14-16)21(22(31)28-25(3,4)5)29(18-10-9-11-18)23(32)20(15-30)27-24(33)34-26(6,7)8/h12-14,18,20-21,30H,9-11,15H2,1-8H3,(H,27,33)(H,28,31). The topological polar surface area (TPSA) is 108 Å². The second-order valence-electron chi connectivity index (χ2n) is 11.2. The molecule has 0 spiro atoms. The molecule has 2 atom stereocenters. The van der Waals surface area contributed by atoms with Crippen LogP contribution in [0.1, 0.15) is 83.5 Å². The molecule has 0 aliphatic heterocycles. The molecular formula is C26H41N3O5. The number of aliphatic hydroxyl groups excluding tert-OH is 1. The number of aryl methyl sites for hydroxylation is 2. The van der Waals surface area contributed by atoms with Crippen molar-refractivity contribution in [1.82, 2.24) is 15.5 Å². The van der Waals surface area contributed by atoms with E-state index in [1.165, 1.54) is 0 Å². The molecule has 2 rings (SSSR count). The SMILES string of the molecule is Cc1ccc(C)c(C(C(=O)NC(C)(C)C)N(C(=O)C(CO)NC(=O)OC(C)(C)C)C2CCC2)c1. The molecular weight excluding hydrogens is 434 g/mol. The highest BCUT2D eigenvalue weighted by molar-refractivity contribution is 5.93. The van der Waals surface area contributed by atoms with Gasteiger partial charge in [0.05, 0.1) is 6.61 Å². The lowest BCUT2D eigenvalue weighted by Crippen LogP contribution is -2.59. The van der Waals surface area contributed by atoms with Crippen LogP contribution in [-0.4, -0.2) is 57.7 Å². The fraction of sp³-hybridized carbons (Fsp3) is 0.654. The molecule has 1 saturated carbocycles. The molecule has 8 nitrogen and oxygen atoms in total. The second kappa shape index (κ2) is 10.8. The third-order valence-corrected chi connectivity index (χ3v) is 5.65. The summed E-state index contributed by atoms with van der Waals surface area (Å²) in [5, 5.41) is 15.5. The van der Waals surface area contributed by atoms with Crippen LogP contribution < -0.4 is 10.6 Å². The monoisotopic (exact) mass is 475 g/mol. The smallest absolute Gasteiger partial charge is 0.408 e. The molecule has 0 heterocycles. The maximum atomic E-state index is 13.8. The zero-order chi connectivity index (χ0) is 25.8. The molecule has 0 aromatic heterocycles. The highest BCUT2D eigenvalue weighted by atomic mass is 16.6. The first-order valence-corrected chi connectivity index (χ1v) is 11.9. The molecule has 2 unspecified atom stereocenters. The van der Waals surface area contributed by atoms with Gasteiger partial charge in [0.1, 0.15) is 17.7 Å². The van der Waals surface area contributed by atoms with Gasteiger partial charge in [-0.1, -0.05) is 23.8 Å². The number of carbonyl (C=O) groups excluding carboxylic acids is 3. The van der Waals surface area contributed by atoms with Crippen LogP contribution in [0.4, 0.5) is 4.79 Å². The van der Waals surface area contributed by atoms with Crippen molar-refractivity contribution in [3.8, 4) is 0 Å². The molecule has 1 aromatic carbocycles. The van der Waals surface area contributed by atoms with E-state index in [1.807, 2.05) is 52.8 Å². The number of hydrogen-bond acceptors (Lipinski definition) is 5. The lowest BCUT2D eigenvalue weighted by Gasteiger charge is -2.44. The fourth-order valence-corrected chi connectivity index (χ4v) is 3.91. The summed E-state index contributed by atoms with van der Waals surface area (Å²) in [5.41, 5.74) is 1.33. The molecule has 190 valence electrons. The highest BCUT2D eigenvalue weighted by Crippen LogP contribution is 2.35. The lowest BCUT2D eigenvalue weighted by molar-refractivity contribution is -0.148. The molecule has 34 heavy (non-hydrogen) atoms. The van der Waals surface area contributed by atoms with E-state index < -0.39 is 41.8 Å². The Morgan fingerprint density at radius 3 is 2.21 bits per heavy atom. The van der Waals surface area contributed by atoms with Crippen molar-refractivity contribution in [2.45, 2.75) is 104 Å². The Labute approximate surface area is 203 Å². The van der Waals surface area contributed by atoms with Gasteiger partial charge in [-0.3, -0.25) is 9.59 Å². The van der Waals surface area contributed by atoms with Crippen molar-refractivity contribution in [3.05, 3.63) is 34.9 Å². The minimum absolute atomic E-state index is 0.169. The average molecular weight is 476 g/mol. The van der Waals surface area contributed by atoms with Crippen LogP contribution >= 0.6 is 0 Å². The van der Waals surface area contributed by atoms with Crippen LogP contribution in [0.5, 0.6) is 0 Å². The van der Waals surface area contributed by atoms with Crippen LogP contribution in [0.15, 0.2) is 18.2 Å². The summed E-state index contributed by atoms with van der Waals surface area (Å²) in [5.74, 6) is -0.802. The lowest BCUT2D eigenvalue weighted by atomic mass is 9.86. The van der Waals surface area contributed by atoms with Crippen LogP contribution in [0.2, 0.25) is 0 Å². The number of rotatable bonds is 7. The summed E-state index contributed by atoms with van der Waals surface area (Å²) in [6.45, 7) is 14.1. The van der Waals surface area contributed by atoms with Gasteiger partial charge in [0.25, 0.3) is 0 Å². The van der Waals surface area contributed by atoms with Gasteiger partial charge in [-0.05, 0) is 85.8 Å². The molecule has 3 N–H and O–H groups in total. The fourth-order valence-electron chi connectivity index (χ4n) is 3.91. The minimum atomic E-state index is -1.23. The van der Waals surface area contributed by atoms with E-state index in [9.17, 15) is 19.5 Å². The van der Waals surface area contributed by atoms with Crippen LogP contribution in [-0.2, 0) is 14.3 Å².